The third kappa shape index (κ3) is 4.57. The fraction of sp³-hybridized carbons (Fsp3) is 0.400. The second-order valence-corrected chi connectivity index (χ2v) is 6.61. The first-order valence-electron chi connectivity index (χ1n) is 8.77. The molecule has 5 nitrogen and oxygen atoms in total. The summed E-state index contributed by atoms with van der Waals surface area (Å²) in [7, 11) is 0. The van der Waals surface area contributed by atoms with Crippen LogP contribution in [-0.4, -0.2) is 17.5 Å². The van der Waals surface area contributed by atoms with E-state index in [-0.39, 0.29) is 23.4 Å². The molecule has 2 N–H and O–H groups in total. The summed E-state index contributed by atoms with van der Waals surface area (Å²) in [5.74, 6) is -0.242. The van der Waals surface area contributed by atoms with Crippen LogP contribution in [0.3, 0.4) is 0 Å². The molecule has 1 aromatic heterocycles. The molecule has 1 heterocycles. The first-order valence-corrected chi connectivity index (χ1v) is 8.77. The summed E-state index contributed by atoms with van der Waals surface area (Å²) < 4.78 is 5.67. The molecule has 5 heteroatoms. The minimum atomic E-state index is -0.225. The lowest BCUT2D eigenvalue weighted by molar-refractivity contribution is -0.127. The minimum absolute atomic E-state index is 0.0166. The molecule has 1 amide bonds. The Labute approximate surface area is 147 Å². The predicted octanol–water partition coefficient (Wildman–Crippen LogP) is 2.72. The number of fused-ring (bicyclic) bond motifs is 1. The Bertz CT molecular complexity index is 770. The van der Waals surface area contributed by atoms with Crippen molar-refractivity contribution in [2.75, 3.05) is 6.61 Å². The average molecular weight is 340 g/mol. The molecule has 0 saturated carbocycles. The van der Waals surface area contributed by atoms with Crippen LogP contribution in [0.1, 0.15) is 42.6 Å². The predicted molar refractivity (Wildman–Crippen MR) is 96.1 cm³/mol. The van der Waals surface area contributed by atoms with Gasteiger partial charge in [0.1, 0.15) is 0 Å². The van der Waals surface area contributed by atoms with E-state index in [0.717, 1.165) is 36.1 Å². The number of aromatic amines is 1. The number of aryl methyl sites for hydroxylation is 1. The highest BCUT2D eigenvalue weighted by Crippen LogP contribution is 2.27. The maximum absolute atomic E-state index is 12.5. The molecule has 0 fully saturated rings. The number of H-pyrrole nitrogens is 1. The lowest BCUT2D eigenvalue weighted by Crippen LogP contribution is -2.36. The van der Waals surface area contributed by atoms with Gasteiger partial charge in [0.15, 0.2) is 0 Å². The Morgan fingerprint density at radius 2 is 2.08 bits per heavy atom. The fourth-order valence-corrected chi connectivity index (χ4v) is 3.17. The summed E-state index contributed by atoms with van der Waals surface area (Å²) in [6.45, 7) is 2.76. The molecule has 0 spiro atoms. The summed E-state index contributed by atoms with van der Waals surface area (Å²) in [5.41, 5.74) is 2.97. The van der Waals surface area contributed by atoms with Gasteiger partial charge in [0.2, 0.25) is 11.5 Å². The first kappa shape index (κ1) is 17.4. The monoisotopic (exact) mass is 340 g/mol. The summed E-state index contributed by atoms with van der Waals surface area (Å²) in [5, 5.41) is 3.10. The number of carbonyl (C=O) groups is 1. The Morgan fingerprint density at radius 1 is 1.28 bits per heavy atom. The third-order valence-corrected chi connectivity index (χ3v) is 4.58. The van der Waals surface area contributed by atoms with E-state index in [2.05, 4.69) is 10.3 Å². The molecule has 2 atom stereocenters. The van der Waals surface area contributed by atoms with Crippen LogP contribution in [0, 0.1) is 5.92 Å². The van der Waals surface area contributed by atoms with Gasteiger partial charge in [0.05, 0.1) is 25.2 Å². The van der Waals surface area contributed by atoms with Crippen molar-refractivity contribution in [1.82, 2.24) is 10.3 Å². The maximum Gasteiger partial charge on any atom is 0.248 e. The molecule has 25 heavy (non-hydrogen) atoms. The zero-order valence-corrected chi connectivity index (χ0v) is 14.5. The molecular formula is C20H24N2O3. The van der Waals surface area contributed by atoms with Crippen LogP contribution in [0.4, 0.5) is 0 Å². The summed E-state index contributed by atoms with van der Waals surface area (Å²) in [6.07, 6.45) is 2.70. The van der Waals surface area contributed by atoms with Gasteiger partial charge < -0.3 is 15.0 Å². The van der Waals surface area contributed by atoms with Crippen LogP contribution >= 0.6 is 0 Å². The smallest absolute Gasteiger partial charge is 0.248 e. The largest absolute Gasteiger partial charge is 0.376 e. The summed E-state index contributed by atoms with van der Waals surface area (Å²) >= 11 is 0. The van der Waals surface area contributed by atoms with Gasteiger partial charge in [0.25, 0.3) is 0 Å². The van der Waals surface area contributed by atoms with E-state index < -0.39 is 0 Å². The Morgan fingerprint density at radius 3 is 2.88 bits per heavy atom. The number of aromatic nitrogens is 1. The molecule has 1 aromatic carbocycles. The SMILES string of the molecule is C[C@@H](COCc1ccccc1)C(=O)N[C@@H]1CCCc2[nH]c(=O)ccc21. The lowest BCUT2D eigenvalue weighted by atomic mass is 9.91. The van der Waals surface area contributed by atoms with Crippen molar-refractivity contribution in [3.05, 3.63) is 69.6 Å². The molecule has 1 aliphatic carbocycles. The zero-order chi connectivity index (χ0) is 17.6. The van der Waals surface area contributed by atoms with Crippen LogP contribution in [0.2, 0.25) is 0 Å². The van der Waals surface area contributed by atoms with E-state index in [4.69, 9.17) is 4.74 Å². The molecule has 132 valence electrons. The number of rotatable bonds is 6. The molecule has 3 rings (SSSR count). The van der Waals surface area contributed by atoms with Crippen molar-refractivity contribution < 1.29 is 9.53 Å². The van der Waals surface area contributed by atoms with E-state index in [1.807, 2.05) is 43.3 Å². The van der Waals surface area contributed by atoms with Gasteiger partial charge >= 0.3 is 0 Å². The second-order valence-electron chi connectivity index (χ2n) is 6.61. The topological polar surface area (TPSA) is 71.2 Å². The average Bonchev–Trinajstić information content (AvgIpc) is 2.62. The van der Waals surface area contributed by atoms with E-state index in [0.29, 0.717) is 13.2 Å². The second kappa shape index (κ2) is 8.12. The van der Waals surface area contributed by atoms with Crippen molar-refractivity contribution in [3.63, 3.8) is 0 Å². The highest BCUT2D eigenvalue weighted by atomic mass is 16.5. The Kier molecular flexibility index (Phi) is 5.66. The van der Waals surface area contributed by atoms with Crippen molar-refractivity contribution >= 4 is 5.91 Å². The van der Waals surface area contributed by atoms with Gasteiger partial charge in [-0.15, -0.1) is 0 Å². The van der Waals surface area contributed by atoms with Crippen LogP contribution in [-0.2, 0) is 22.6 Å². The van der Waals surface area contributed by atoms with Gasteiger partial charge in [-0.2, -0.15) is 0 Å². The molecule has 0 saturated heterocycles. The molecular weight excluding hydrogens is 316 g/mol. The van der Waals surface area contributed by atoms with Crippen LogP contribution in [0.25, 0.3) is 0 Å². The van der Waals surface area contributed by atoms with Crippen LogP contribution < -0.4 is 10.9 Å². The van der Waals surface area contributed by atoms with Crippen LogP contribution in [0.5, 0.6) is 0 Å². The molecule has 2 aromatic rings. The van der Waals surface area contributed by atoms with Gasteiger partial charge in [-0.3, -0.25) is 9.59 Å². The molecule has 0 bridgehead atoms. The number of pyridine rings is 1. The van der Waals surface area contributed by atoms with E-state index in [9.17, 15) is 9.59 Å². The van der Waals surface area contributed by atoms with Crippen molar-refractivity contribution in [1.29, 1.82) is 0 Å². The first-order chi connectivity index (χ1) is 12.1. The van der Waals surface area contributed by atoms with Crippen molar-refractivity contribution in [3.8, 4) is 0 Å². The highest BCUT2D eigenvalue weighted by molar-refractivity contribution is 5.79. The molecule has 0 unspecified atom stereocenters. The number of amides is 1. The number of hydrogen-bond donors (Lipinski definition) is 2. The number of carbonyl (C=O) groups excluding carboxylic acids is 1. The zero-order valence-electron chi connectivity index (χ0n) is 14.5. The summed E-state index contributed by atoms with van der Waals surface area (Å²) in [4.78, 5) is 26.8. The van der Waals surface area contributed by atoms with Crippen molar-refractivity contribution in [2.24, 2.45) is 5.92 Å². The lowest BCUT2D eigenvalue weighted by Gasteiger charge is -2.27. The van der Waals surface area contributed by atoms with Gasteiger partial charge in [0, 0.05) is 11.8 Å². The molecule has 0 aliphatic heterocycles. The number of benzene rings is 1. The van der Waals surface area contributed by atoms with Crippen LogP contribution in [0.15, 0.2) is 47.3 Å². The van der Waals surface area contributed by atoms with E-state index in [1.54, 1.807) is 0 Å². The number of nitrogens with one attached hydrogen (secondary N) is 2. The van der Waals surface area contributed by atoms with Gasteiger partial charge in [-0.25, -0.2) is 0 Å². The fourth-order valence-electron chi connectivity index (χ4n) is 3.17. The van der Waals surface area contributed by atoms with E-state index >= 15 is 0 Å². The molecule has 1 aliphatic rings. The third-order valence-electron chi connectivity index (χ3n) is 4.58. The van der Waals surface area contributed by atoms with Crippen molar-refractivity contribution in [2.45, 2.75) is 38.8 Å². The maximum atomic E-state index is 12.5. The number of hydrogen-bond acceptors (Lipinski definition) is 3. The van der Waals surface area contributed by atoms with Gasteiger partial charge in [-0.1, -0.05) is 37.3 Å². The normalized spacial score (nSPS) is 17.6. The van der Waals surface area contributed by atoms with E-state index in [1.165, 1.54) is 6.07 Å². The Balaban J connectivity index is 1.53. The highest BCUT2D eigenvalue weighted by Gasteiger charge is 2.24. The number of ether oxygens (including phenoxy) is 1. The molecule has 0 radical (unpaired) electrons. The summed E-state index contributed by atoms with van der Waals surface area (Å²) in [6, 6.07) is 13.2. The standard InChI is InChI=1S/C20H24N2O3/c1-14(12-25-13-15-6-3-2-4-7-15)20(24)22-18-9-5-8-17-16(18)10-11-19(23)21-17/h2-4,6-7,10-11,14,18H,5,8-9,12-13H2,1H3,(H,21,23)(H,22,24)/t14-,18+/m0/s1. The van der Waals surface area contributed by atoms with Gasteiger partial charge in [-0.05, 0) is 36.5 Å². The Hall–Kier alpha value is -2.40. The quantitative estimate of drug-likeness (QED) is 0.849. The minimum Gasteiger partial charge on any atom is -0.376 e.